The Morgan fingerprint density at radius 2 is 1.91 bits per heavy atom. The van der Waals surface area contributed by atoms with E-state index in [4.69, 9.17) is 4.52 Å². The fourth-order valence-corrected chi connectivity index (χ4v) is 5.83. The molecule has 32 heavy (non-hydrogen) atoms. The van der Waals surface area contributed by atoms with Crippen LogP contribution in [0.2, 0.25) is 0 Å². The van der Waals surface area contributed by atoms with Crippen LogP contribution in [0.5, 0.6) is 0 Å². The second-order valence-corrected chi connectivity index (χ2v) is 13.5. The van der Waals surface area contributed by atoms with E-state index in [0.717, 1.165) is 37.0 Å². The fourth-order valence-electron chi connectivity index (χ4n) is 3.74. The molecule has 1 aliphatic rings. The summed E-state index contributed by atoms with van der Waals surface area (Å²) in [5.74, 6) is 5.44. The lowest BCUT2D eigenvalue weighted by Gasteiger charge is -2.31. The Bertz CT molecular complexity index is 928. The van der Waals surface area contributed by atoms with Crippen LogP contribution in [-0.2, 0) is 13.9 Å². The van der Waals surface area contributed by atoms with E-state index in [0.29, 0.717) is 23.1 Å². The van der Waals surface area contributed by atoms with Crippen molar-refractivity contribution in [1.82, 2.24) is 0 Å². The number of amides is 1. The zero-order valence-electron chi connectivity index (χ0n) is 20.1. The lowest BCUT2D eigenvalue weighted by Crippen LogP contribution is -2.40. The predicted octanol–water partition coefficient (Wildman–Crippen LogP) is 5.95. The zero-order valence-corrected chi connectivity index (χ0v) is 21.8. The van der Waals surface area contributed by atoms with Crippen LogP contribution >= 0.6 is 18.7 Å². The van der Waals surface area contributed by atoms with Gasteiger partial charge in [-0.1, -0.05) is 18.8 Å². The molecule has 1 aromatic rings. The third-order valence-electron chi connectivity index (χ3n) is 5.52. The summed E-state index contributed by atoms with van der Waals surface area (Å²) in [6.07, 6.45) is 3.71. The molecule has 1 unspecified atom stereocenters. The van der Waals surface area contributed by atoms with Crippen molar-refractivity contribution in [3.05, 3.63) is 15.8 Å². The van der Waals surface area contributed by atoms with Crippen LogP contribution in [0.4, 0.5) is 5.69 Å². The maximum atomic E-state index is 13.6. The molecular formula is C24H36NO5PS. The van der Waals surface area contributed by atoms with Gasteiger partial charge in [-0.2, -0.15) is 0 Å². The number of carboxylic acids is 1. The first-order chi connectivity index (χ1) is 14.8. The largest absolute Gasteiger partial charge is 0.477 e. The minimum atomic E-state index is -2.89. The van der Waals surface area contributed by atoms with E-state index in [1.807, 2.05) is 20.8 Å². The van der Waals surface area contributed by atoms with Gasteiger partial charge in [0.05, 0.1) is 17.2 Å². The van der Waals surface area contributed by atoms with Gasteiger partial charge < -0.3 is 14.5 Å². The highest BCUT2D eigenvalue weighted by Crippen LogP contribution is 2.43. The van der Waals surface area contributed by atoms with Crippen molar-refractivity contribution in [2.45, 2.75) is 60.3 Å². The molecule has 0 aliphatic heterocycles. The zero-order chi connectivity index (χ0) is 24.1. The summed E-state index contributed by atoms with van der Waals surface area (Å²) in [7, 11) is -2.89. The molecule has 6 nitrogen and oxygen atoms in total. The number of hydrogen-bond donors (Lipinski definition) is 1. The van der Waals surface area contributed by atoms with Crippen LogP contribution in [0.25, 0.3) is 0 Å². The number of aromatic carboxylic acids is 1. The Kier molecular flexibility index (Phi) is 9.16. The fraction of sp³-hybridized carbons (Fsp3) is 0.667. The minimum Gasteiger partial charge on any atom is -0.477 e. The monoisotopic (exact) mass is 481 g/mol. The molecule has 1 heterocycles. The van der Waals surface area contributed by atoms with E-state index in [2.05, 4.69) is 18.8 Å². The second kappa shape index (κ2) is 11.0. The van der Waals surface area contributed by atoms with Crippen molar-refractivity contribution in [1.29, 1.82) is 0 Å². The Balaban J connectivity index is 2.44. The molecule has 178 valence electrons. The smallest absolute Gasteiger partial charge is 0.348 e. The number of rotatable bonds is 8. The first-order valence-electron chi connectivity index (χ1n) is 11.3. The molecule has 1 atom stereocenters. The Morgan fingerprint density at radius 3 is 2.44 bits per heavy atom. The maximum Gasteiger partial charge on any atom is 0.348 e. The molecule has 8 heteroatoms. The van der Waals surface area contributed by atoms with E-state index in [1.54, 1.807) is 19.7 Å². The standard InChI is InChI=1S/C24H36NO5PS/c1-7-30-31(6,29)15-14-25(22(26)18-10-8-17(2)9-11-18)20-16-19(12-13-24(3,4)5)32-21(20)23(27)28/h16-18H,7-11,14-15H2,1-6H3,(H,27,28). The van der Waals surface area contributed by atoms with E-state index in [-0.39, 0.29) is 34.8 Å². The first kappa shape index (κ1) is 26.6. The summed E-state index contributed by atoms with van der Waals surface area (Å²) in [5, 5.41) is 9.84. The molecule has 2 rings (SSSR count). The van der Waals surface area contributed by atoms with Crippen LogP contribution < -0.4 is 4.90 Å². The topological polar surface area (TPSA) is 83.9 Å². The van der Waals surface area contributed by atoms with Gasteiger partial charge in [-0.3, -0.25) is 9.36 Å². The number of carbonyl (C=O) groups is 2. The van der Waals surface area contributed by atoms with Crippen LogP contribution in [0.1, 0.15) is 74.9 Å². The highest BCUT2D eigenvalue weighted by atomic mass is 32.1. The Morgan fingerprint density at radius 1 is 1.28 bits per heavy atom. The molecule has 0 aromatic carbocycles. The molecule has 0 saturated heterocycles. The maximum absolute atomic E-state index is 13.6. The van der Waals surface area contributed by atoms with E-state index in [1.165, 1.54) is 4.90 Å². The third-order valence-corrected chi connectivity index (χ3v) is 8.37. The van der Waals surface area contributed by atoms with Gasteiger partial charge in [0.25, 0.3) is 0 Å². The van der Waals surface area contributed by atoms with Crippen LogP contribution in [-0.4, -0.2) is 43.0 Å². The van der Waals surface area contributed by atoms with Gasteiger partial charge in [0, 0.05) is 30.7 Å². The van der Waals surface area contributed by atoms with Gasteiger partial charge in [-0.15, -0.1) is 11.3 Å². The molecule has 1 saturated carbocycles. The SMILES string of the molecule is CCOP(C)(=O)CCN(C(=O)C1CCC(C)CC1)c1cc(C#CC(C)(C)C)sc1C(=O)O. The van der Waals surface area contributed by atoms with E-state index in [9.17, 15) is 19.3 Å². The summed E-state index contributed by atoms with van der Waals surface area (Å²) >= 11 is 1.08. The lowest BCUT2D eigenvalue weighted by atomic mass is 9.82. The molecule has 1 aromatic heterocycles. The number of hydrogen-bond acceptors (Lipinski definition) is 5. The number of nitrogens with zero attached hydrogens (tertiary/aromatic N) is 1. The Labute approximate surface area is 196 Å². The molecule has 1 aliphatic carbocycles. The van der Waals surface area contributed by atoms with Gasteiger partial charge in [0.15, 0.2) is 0 Å². The summed E-state index contributed by atoms with van der Waals surface area (Å²) in [5.41, 5.74) is 0.120. The molecule has 0 bridgehead atoms. The van der Waals surface area contributed by atoms with Crippen molar-refractivity contribution in [2.75, 3.05) is 30.9 Å². The first-order valence-corrected chi connectivity index (χ1v) is 14.3. The van der Waals surface area contributed by atoms with Crippen molar-refractivity contribution in [3.63, 3.8) is 0 Å². The van der Waals surface area contributed by atoms with Gasteiger partial charge in [0.1, 0.15) is 4.88 Å². The summed E-state index contributed by atoms with van der Waals surface area (Å²) in [6, 6.07) is 1.69. The van der Waals surface area contributed by atoms with Gasteiger partial charge in [-0.05, 0) is 65.4 Å². The molecule has 0 radical (unpaired) electrons. The Hall–Kier alpha value is -1.61. The second-order valence-electron chi connectivity index (χ2n) is 9.73. The molecule has 1 amide bonds. The predicted molar refractivity (Wildman–Crippen MR) is 131 cm³/mol. The molecule has 1 N–H and O–H groups in total. The van der Waals surface area contributed by atoms with Crippen LogP contribution in [0, 0.1) is 29.1 Å². The van der Waals surface area contributed by atoms with Crippen molar-refractivity contribution >= 4 is 36.3 Å². The number of carboxylic acid groups (broad SMARTS) is 1. The van der Waals surface area contributed by atoms with E-state index < -0.39 is 13.3 Å². The molecule has 0 spiro atoms. The molecule has 1 fully saturated rings. The van der Waals surface area contributed by atoms with Crippen molar-refractivity contribution < 1.29 is 23.8 Å². The normalized spacial score (nSPS) is 20.7. The van der Waals surface area contributed by atoms with Gasteiger partial charge >= 0.3 is 5.97 Å². The highest BCUT2D eigenvalue weighted by Gasteiger charge is 2.33. The third kappa shape index (κ3) is 7.76. The number of anilines is 1. The van der Waals surface area contributed by atoms with E-state index >= 15 is 0 Å². The summed E-state index contributed by atoms with van der Waals surface area (Å²) in [4.78, 5) is 27.8. The minimum absolute atomic E-state index is 0.0862. The average molecular weight is 482 g/mol. The van der Waals surface area contributed by atoms with Crippen LogP contribution in [0.3, 0.4) is 0 Å². The summed E-state index contributed by atoms with van der Waals surface area (Å²) in [6.45, 7) is 12.0. The molecular weight excluding hydrogens is 445 g/mol. The number of thiophene rings is 1. The van der Waals surface area contributed by atoms with Gasteiger partial charge in [-0.25, -0.2) is 4.79 Å². The summed E-state index contributed by atoms with van der Waals surface area (Å²) < 4.78 is 18.1. The lowest BCUT2D eigenvalue weighted by molar-refractivity contribution is -0.123. The average Bonchev–Trinajstić information content (AvgIpc) is 3.11. The quantitative estimate of drug-likeness (QED) is 0.367. The van der Waals surface area contributed by atoms with Crippen LogP contribution in [0.15, 0.2) is 6.07 Å². The van der Waals surface area contributed by atoms with Gasteiger partial charge in [0.2, 0.25) is 13.3 Å². The van der Waals surface area contributed by atoms with Crippen molar-refractivity contribution in [3.8, 4) is 11.8 Å². The number of carbonyl (C=O) groups excluding carboxylic acids is 1. The van der Waals surface area contributed by atoms with Crippen molar-refractivity contribution in [2.24, 2.45) is 17.3 Å². The highest BCUT2D eigenvalue weighted by molar-refractivity contribution is 7.58.